The van der Waals surface area contributed by atoms with Crippen molar-refractivity contribution in [3.8, 4) is 0 Å². The minimum absolute atomic E-state index is 0.0291. The number of rotatable bonds is 3. The molecule has 0 amide bonds. The number of nitrogens with zero attached hydrogens (tertiary/aromatic N) is 2. The van der Waals surface area contributed by atoms with Crippen molar-refractivity contribution in [3.05, 3.63) is 52.8 Å². The Morgan fingerprint density at radius 3 is 2.48 bits per heavy atom. The average Bonchev–Trinajstić information content (AvgIpc) is 2.74. The molecule has 3 nitrogen and oxygen atoms in total. The first-order chi connectivity index (χ1) is 11.8. The van der Waals surface area contributed by atoms with Gasteiger partial charge in [-0.1, -0.05) is 17.7 Å². The number of anilines is 1. The number of aromatic nitrogens is 1. The number of aryl methyl sites for hydroxylation is 1. The lowest BCUT2D eigenvalue weighted by molar-refractivity contribution is -0.140. The number of benzene rings is 1. The molecule has 1 aliphatic heterocycles. The molecule has 1 aromatic heterocycles. The molecule has 0 unspecified atom stereocenters. The van der Waals surface area contributed by atoms with E-state index in [1.54, 1.807) is 6.07 Å². The van der Waals surface area contributed by atoms with Crippen LogP contribution in [0.1, 0.15) is 22.5 Å². The number of pyridine rings is 1. The Hall–Kier alpha value is -1.73. The molecule has 0 spiro atoms. The SMILES string of the molecule is Cc1ccc(SNc2cc3c(nc2C(F)(F)F)CCN(C)CC3)cc1. The van der Waals surface area contributed by atoms with Gasteiger partial charge in [0, 0.05) is 30.1 Å². The monoisotopic (exact) mass is 367 g/mol. The Morgan fingerprint density at radius 1 is 1.12 bits per heavy atom. The highest BCUT2D eigenvalue weighted by atomic mass is 32.2. The molecule has 2 heterocycles. The lowest BCUT2D eigenvalue weighted by Gasteiger charge is -2.16. The molecule has 0 bridgehead atoms. The Morgan fingerprint density at radius 2 is 1.80 bits per heavy atom. The quantitative estimate of drug-likeness (QED) is 0.805. The molecule has 1 aliphatic rings. The van der Waals surface area contributed by atoms with E-state index >= 15 is 0 Å². The first-order valence-electron chi connectivity index (χ1n) is 8.11. The van der Waals surface area contributed by atoms with E-state index in [-0.39, 0.29) is 5.69 Å². The summed E-state index contributed by atoms with van der Waals surface area (Å²) >= 11 is 1.17. The van der Waals surface area contributed by atoms with E-state index in [1.807, 2.05) is 38.2 Å². The van der Waals surface area contributed by atoms with Gasteiger partial charge in [0.1, 0.15) is 0 Å². The number of hydrogen-bond donors (Lipinski definition) is 1. The van der Waals surface area contributed by atoms with Crippen molar-refractivity contribution in [1.29, 1.82) is 0 Å². The normalized spacial score (nSPS) is 15.6. The second-order valence-electron chi connectivity index (χ2n) is 6.31. The van der Waals surface area contributed by atoms with Crippen LogP contribution in [0.3, 0.4) is 0 Å². The van der Waals surface area contributed by atoms with Crippen LogP contribution in [0.15, 0.2) is 35.2 Å². The van der Waals surface area contributed by atoms with Gasteiger partial charge in [-0.3, -0.25) is 0 Å². The molecule has 134 valence electrons. The fourth-order valence-electron chi connectivity index (χ4n) is 2.76. The van der Waals surface area contributed by atoms with Crippen LogP contribution in [0, 0.1) is 6.92 Å². The lowest BCUT2D eigenvalue weighted by atomic mass is 10.1. The van der Waals surface area contributed by atoms with E-state index in [0.717, 1.165) is 29.1 Å². The molecule has 0 atom stereocenters. The molecule has 0 saturated heterocycles. The fraction of sp³-hybridized carbons (Fsp3) is 0.389. The van der Waals surface area contributed by atoms with Gasteiger partial charge in [-0.05, 0) is 56.1 Å². The van der Waals surface area contributed by atoms with Crippen molar-refractivity contribution in [3.63, 3.8) is 0 Å². The highest BCUT2D eigenvalue weighted by Crippen LogP contribution is 2.37. The molecule has 1 N–H and O–H groups in total. The van der Waals surface area contributed by atoms with Crippen LogP contribution in [0.5, 0.6) is 0 Å². The Bertz CT molecular complexity index is 744. The van der Waals surface area contributed by atoms with Gasteiger partial charge >= 0.3 is 6.18 Å². The summed E-state index contributed by atoms with van der Waals surface area (Å²) in [6.45, 7) is 3.52. The lowest BCUT2D eigenvalue weighted by Crippen LogP contribution is -2.20. The van der Waals surface area contributed by atoms with Crippen molar-refractivity contribution in [1.82, 2.24) is 9.88 Å². The summed E-state index contributed by atoms with van der Waals surface area (Å²) in [6, 6.07) is 9.24. The van der Waals surface area contributed by atoms with Crippen LogP contribution < -0.4 is 4.72 Å². The molecule has 7 heteroatoms. The first-order valence-corrected chi connectivity index (χ1v) is 8.92. The molecule has 2 aromatic rings. The Balaban J connectivity index is 1.89. The maximum atomic E-state index is 13.5. The van der Waals surface area contributed by atoms with Crippen molar-refractivity contribution in [2.24, 2.45) is 0 Å². The predicted molar refractivity (Wildman–Crippen MR) is 94.8 cm³/mol. The van der Waals surface area contributed by atoms with E-state index in [9.17, 15) is 13.2 Å². The smallest absolute Gasteiger partial charge is 0.324 e. The van der Waals surface area contributed by atoms with Gasteiger partial charge < -0.3 is 9.62 Å². The van der Waals surface area contributed by atoms with Crippen LogP contribution in [0.4, 0.5) is 18.9 Å². The molecule has 0 saturated carbocycles. The summed E-state index contributed by atoms with van der Waals surface area (Å²) in [4.78, 5) is 6.95. The molecule has 0 fully saturated rings. The van der Waals surface area contributed by atoms with E-state index in [0.29, 0.717) is 18.5 Å². The van der Waals surface area contributed by atoms with E-state index < -0.39 is 11.9 Å². The maximum Gasteiger partial charge on any atom is 0.435 e. The summed E-state index contributed by atoms with van der Waals surface area (Å²) in [5, 5.41) is 0. The number of nitrogens with one attached hydrogen (secondary N) is 1. The molecule has 3 rings (SSSR count). The number of alkyl halides is 3. The fourth-order valence-corrected chi connectivity index (χ4v) is 3.42. The van der Waals surface area contributed by atoms with Crippen LogP contribution in [0.25, 0.3) is 0 Å². The van der Waals surface area contributed by atoms with Crippen LogP contribution in [-0.4, -0.2) is 30.0 Å². The second-order valence-corrected chi connectivity index (χ2v) is 7.19. The van der Waals surface area contributed by atoms with E-state index in [4.69, 9.17) is 0 Å². The summed E-state index contributed by atoms with van der Waals surface area (Å²) < 4.78 is 43.2. The zero-order valence-electron chi connectivity index (χ0n) is 14.2. The first kappa shape index (κ1) is 18.1. The summed E-state index contributed by atoms with van der Waals surface area (Å²) in [5.74, 6) is 0. The van der Waals surface area contributed by atoms with Gasteiger partial charge in [0.2, 0.25) is 0 Å². The van der Waals surface area contributed by atoms with Gasteiger partial charge in [0.05, 0.1) is 5.69 Å². The summed E-state index contributed by atoms with van der Waals surface area (Å²) in [6.07, 6.45) is -3.23. The minimum Gasteiger partial charge on any atom is -0.324 e. The average molecular weight is 367 g/mol. The van der Waals surface area contributed by atoms with Crippen molar-refractivity contribution < 1.29 is 13.2 Å². The summed E-state index contributed by atoms with van der Waals surface area (Å²) in [7, 11) is 1.98. The third kappa shape index (κ3) is 4.46. The Kier molecular flexibility index (Phi) is 5.24. The number of likely N-dealkylation sites (N-methyl/N-ethyl adjacent to an activating group) is 1. The molecule has 0 aliphatic carbocycles. The molecular formula is C18H20F3N3S. The third-order valence-corrected chi connectivity index (χ3v) is 5.08. The standard InChI is InChI=1S/C18H20F3N3S/c1-12-3-5-14(6-4-12)25-23-16-11-13-7-9-24(2)10-8-15(13)22-17(16)18(19,20)21/h3-6,11,23H,7-10H2,1-2H3. The van der Waals surface area contributed by atoms with Crippen molar-refractivity contribution >= 4 is 17.6 Å². The molecule has 1 aromatic carbocycles. The number of halogens is 3. The number of fused-ring (bicyclic) bond motifs is 1. The van der Waals surface area contributed by atoms with Crippen LogP contribution >= 0.6 is 11.9 Å². The van der Waals surface area contributed by atoms with Gasteiger partial charge in [-0.2, -0.15) is 13.2 Å². The highest BCUT2D eigenvalue weighted by molar-refractivity contribution is 8.00. The van der Waals surface area contributed by atoms with E-state index in [2.05, 4.69) is 14.6 Å². The van der Waals surface area contributed by atoms with Gasteiger partial charge in [0.25, 0.3) is 0 Å². The van der Waals surface area contributed by atoms with Crippen LogP contribution in [-0.2, 0) is 19.0 Å². The van der Waals surface area contributed by atoms with E-state index in [1.165, 1.54) is 11.9 Å². The van der Waals surface area contributed by atoms with Crippen molar-refractivity contribution in [2.45, 2.75) is 30.8 Å². The molecule has 25 heavy (non-hydrogen) atoms. The molecule has 0 radical (unpaired) electrons. The van der Waals surface area contributed by atoms with Crippen LogP contribution in [0.2, 0.25) is 0 Å². The van der Waals surface area contributed by atoms with Crippen molar-refractivity contribution in [2.75, 3.05) is 24.9 Å². The number of hydrogen-bond acceptors (Lipinski definition) is 4. The van der Waals surface area contributed by atoms with Gasteiger partial charge in [0.15, 0.2) is 5.69 Å². The Labute approximate surface area is 149 Å². The molecular weight excluding hydrogens is 347 g/mol. The highest BCUT2D eigenvalue weighted by Gasteiger charge is 2.37. The topological polar surface area (TPSA) is 28.2 Å². The predicted octanol–water partition coefficient (Wildman–Crippen LogP) is 4.56. The summed E-state index contributed by atoms with van der Waals surface area (Å²) in [5.41, 5.74) is 1.75. The van der Waals surface area contributed by atoms with Gasteiger partial charge in [-0.25, -0.2) is 4.98 Å². The maximum absolute atomic E-state index is 13.5. The third-order valence-electron chi connectivity index (χ3n) is 4.25. The zero-order valence-corrected chi connectivity index (χ0v) is 15.0. The largest absolute Gasteiger partial charge is 0.435 e. The minimum atomic E-state index is -4.48. The second kappa shape index (κ2) is 7.25. The zero-order chi connectivity index (χ0) is 18.0. The van der Waals surface area contributed by atoms with Gasteiger partial charge in [-0.15, -0.1) is 0 Å².